The van der Waals surface area contributed by atoms with Crippen LogP contribution < -0.4 is 14.8 Å². The number of para-hydroxylation sites is 1. The fraction of sp³-hybridized carbons (Fsp3) is 0.250. The first-order valence-electron chi connectivity index (χ1n) is 7.99. The summed E-state index contributed by atoms with van der Waals surface area (Å²) in [5.41, 5.74) is 3.89. The van der Waals surface area contributed by atoms with Gasteiger partial charge in [0.25, 0.3) is 0 Å². The lowest BCUT2D eigenvalue weighted by Crippen LogP contribution is -2.11. The van der Waals surface area contributed by atoms with Crippen molar-refractivity contribution in [1.82, 2.24) is 0 Å². The number of aryl methyl sites for hydroxylation is 2. The predicted molar refractivity (Wildman–Crippen MR) is 105 cm³/mol. The summed E-state index contributed by atoms with van der Waals surface area (Å²) < 4.78 is 11.4. The maximum atomic E-state index is 12.3. The van der Waals surface area contributed by atoms with Crippen LogP contribution in [0.1, 0.15) is 23.6 Å². The Balaban J connectivity index is 2.20. The molecule has 25 heavy (non-hydrogen) atoms. The summed E-state index contributed by atoms with van der Waals surface area (Å²) in [6, 6.07) is 9.71. The number of halogens is 1. The lowest BCUT2D eigenvalue weighted by Gasteiger charge is -2.12. The molecule has 5 heteroatoms. The summed E-state index contributed by atoms with van der Waals surface area (Å²) in [5, 5.41) is 2.97. The maximum absolute atomic E-state index is 12.3. The molecule has 2 aromatic carbocycles. The molecule has 0 radical (unpaired) electrons. The standard InChI is InChI=1S/C20H22BrNO3/c1-5-15-8-6-7-13(2)19(15)22-18(23)10-9-14-11-16(21)20(25-4)17(12-14)24-3/h6-12H,5H2,1-4H3,(H,22,23). The number of carbonyl (C=O) groups is 1. The molecule has 0 atom stereocenters. The van der Waals surface area contributed by atoms with E-state index in [-0.39, 0.29) is 5.91 Å². The molecule has 0 aliphatic rings. The van der Waals surface area contributed by atoms with E-state index in [2.05, 4.69) is 28.2 Å². The van der Waals surface area contributed by atoms with E-state index in [1.165, 1.54) is 6.08 Å². The maximum Gasteiger partial charge on any atom is 0.248 e. The van der Waals surface area contributed by atoms with Crippen molar-refractivity contribution < 1.29 is 14.3 Å². The molecule has 0 aromatic heterocycles. The number of rotatable bonds is 6. The zero-order valence-electron chi connectivity index (χ0n) is 14.9. The van der Waals surface area contributed by atoms with Gasteiger partial charge in [0.05, 0.1) is 18.7 Å². The molecule has 1 amide bonds. The Hall–Kier alpha value is -2.27. The molecule has 0 saturated heterocycles. The summed E-state index contributed by atoms with van der Waals surface area (Å²) >= 11 is 3.45. The van der Waals surface area contributed by atoms with Crippen molar-refractivity contribution >= 4 is 33.6 Å². The molecule has 4 nitrogen and oxygen atoms in total. The van der Waals surface area contributed by atoms with Crippen LogP contribution in [0.3, 0.4) is 0 Å². The highest BCUT2D eigenvalue weighted by molar-refractivity contribution is 9.10. The van der Waals surface area contributed by atoms with E-state index in [4.69, 9.17) is 9.47 Å². The molecule has 0 saturated carbocycles. The second kappa shape index (κ2) is 8.72. The van der Waals surface area contributed by atoms with E-state index in [9.17, 15) is 4.79 Å². The number of benzene rings is 2. The van der Waals surface area contributed by atoms with E-state index in [0.717, 1.165) is 33.3 Å². The average Bonchev–Trinajstić information content (AvgIpc) is 2.61. The van der Waals surface area contributed by atoms with Crippen LogP contribution in [-0.2, 0) is 11.2 Å². The SMILES string of the molecule is CCc1cccc(C)c1NC(=O)C=Cc1cc(Br)c(OC)c(OC)c1. The number of hydrogen-bond donors (Lipinski definition) is 1. The first-order valence-corrected chi connectivity index (χ1v) is 8.78. The van der Waals surface area contributed by atoms with Gasteiger partial charge in [-0.1, -0.05) is 25.1 Å². The molecule has 0 unspecified atom stereocenters. The topological polar surface area (TPSA) is 47.6 Å². The lowest BCUT2D eigenvalue weighted by atomic mass is 10.1. The number of anilines is 1. The molecule has 0 fully saturated rings. The Morgan fingerprint density at radius 1 is 1.24 bits per heavy atom. The van der Waals surface area contributed by atoms with Crippen LogP contribution in [0.2, 0.25) is 0 Å². The fourth-order valence-electron chi connectivity index (χ4n) is 2.57. The Morgan fingerprint density at radius 3 is 2.64 bits per heavy atom. The Morgan fingerprint density at radius 2 is 2.00 bits per heavy atom. The molecule has 0 bridgehead atoms. The largest absolute Gasteiger partial charge is 0.493 e. The average molecular weight is 404 g/mol. The van der Waals surface area contributed by atoms with Gasteiger partial charge in [0.1, 0.15) is 0 Å². The molecule has 2 rings (SSSR count). The summed E-state index contributed by atoms with van der Waals surface area (Å²) in [5.74, 6) is 1.05. The summed E-state index contributed by atoms with van der Waals surface area (Å²) in [6.45, 7) is 4.06. The third-order valence-electron chi connectivity index (χ3n) is 3.87. The van der Waals surface area contributed by atoms with Gasteiger partial charge in [-0.05, 0) is 64.2 Å². The summed E-state index contributed by atoms with van der Waals surface area (Å²) in [7, 11) is 3.16. The van der Waals surface area contributed by atoms with Crippen molar-refractivity contribution in [1.29, 1.82) is 0 Å². The third kappa shape index (κ3) is 4.63. The normalized spacial score (nSPS) is 10.8. The van der Waals surface area contributed by atoms with Crippen LogP contribution in [0.15, 0.2) is 40.9 Å². The van der Waals surface area contributed by atoms with Crippen LogP contribution >= 0.6 is 15.9 Å². The van der Waals surface area contributed by atoms with Crippen molar-refractivity contribution in [3.8, 4) is 11.5 Å². The van der Waals surface area contributed by atoms with Gasteiger partial charge in [-0.25, -0.2) is 0 Å². The molecule has 0 heterocycles. The van der Waals surface area contributed by atoms with Gasteiger partial charge < -0.3 is 14.8 Å². The molecule has 0 aliphatic heterocycles. The number of hydrogen-bond acceptors (Lipinski definition) is 3. The summed E-state index contributed by atoms with van der Waals surface area (Å²) in [6.07, 6.45) is 4.12. The number of amides is 1. The van der Waals surface area contributed by atoms with E-state index < -0.39 is 0 Å². The van der Waals surface area contributed by atoms with E-state index >= 15 is 0 Å². The molecule has 0 aliphatic carbocycles. The quantitative estimate of drug-likeness (QED) is 0.691. The first kappa shape index (κ1) is 19.1. The number of ether oxygens (including phenoxy) is 2. The minimum Gasteiger partial charge on any atom is -0.493 e. The first-order chi connectivity index (χ1) is 12.0. The van der Waals surface area contributed by atoms with Gasteiger partial charge >= 0.3 is 0 Å². The number of carbonyl (C=O) groups excluding carboxylic acids is 1. The number of methoxy groups -OCH3 is 2. The van der Waals surface area contributed by atoms with Crippen molar-refractivity contribution in [2.75, 3.05) is 19.5 Å². The monoisotopic (exact) mass is 403 g/mol. The van der Waals surface area contributed by atoms with Crippen LogP contribution in [0, 0.1) is 6.92 Å². The van der Waals surface area contributed by atoms with Gasteiger partial charge in [0, 0.05) is 11.8 Å². The predicted octanol–water partition coefficient (Wildman–Crippen LogP) is 4.99. The van der Waals surface area contributed by atoms with Gasteiger partial charge in [0.2, 0.25) is 5.91 Å². The van der Waals surface area contributed by atoms with Crippen LogP contribution in [0.25, 0.3) is 6.08 Å². The molecule has 132 valence electrons. The third-order valence-corrected chi connectivity index (χ3v) is 4.46. The van der Waals surface area contributed by atoms with Gasteiger partial charge in [-0.15, -0.1) is 0 Å². The highest BCUT2D eigenvalue weighted by Crippen LogP contribution is 2.36. The lowest BCUT2D eigenvalue weighted by molar-refractivity contribution is -0.111. The van der Waals surface area contributed by atoms with E-state index in [0.29, 0.717) is 11.5 Å². The van der Waals surface area contributed by atoms with E-state index in [1.54, 1.807) is 20.3 Å². The molecular weight excluding hydrogens is 382 g/mol. The highest BCUT2D eigenvalue weighted by Gasteiger charge is 2.10. The van der Waals surface area contributed by atoms with Crippen LogP contribution in [0.5, 0.6) is 11.5 Å². The smallest absolute Gasteiger partial charge is 0.248 e. The Kier molecular flexibility index (Phi) is 6.65. The van der Waals surface area contributed by atoms with Crippen LogP contribution in [0.4, 0.5) is 5.69 Å². The Labute approximate surface area is 157 Å². The minimum atomic E-state index is -0.171. The minimum absolute atomic E-state index is 0.171. The van der Waals surface area contributed by atoms with Gasteiger partial charge in [-0.3, -0.25) is 4.79 Å². The zero-order chi connectivity index (χ0) is 18.4. The van der Waals surface area contributed by atoms with Crippen molar-refractivity contribution in [2.45, 2.75) is 20.3 Å². The summed E-state index contributed by atoms with van der Waals surface area (Å²) in [4.78, 5) is 12.3. The van der Waals surface area contributed by atoms with Crippen molar-refractivity contribution in [3.63, 3.8) is 0 Å². The number of nitrogens with one attached hydrogen (secondary N) is 1. The Bertz CT molecular complexity index is 800. The van der Waals surface area contributed by atoms with Gasteiger partial charge in [-0.2, -0.15) is 0 Å². The van der Waals surface area contributed by atoms with Crippen molar-refractivity contribution in [3.05, 3.63) is 57.6 Å². The second-order valence-corrected chi connectivity index (χ2v) is 6.38. The molecule has 2 aromatic rings. The van der Waals surface area contributed by atoms with E-state index in [1.807, 2.05) is 37.3 Å². The molecule has 1 N–H and O–H groups in total. The van der Waals surface area contributed by atoms with Crippen LogP contribution in [-0.4, -0.2) is 20.1 Å². The second-order valence-electron chi connectivity index (χ2n) is 5.52. The highest BCUT2D eigenvalue weighted by atomic mass is 79.9. The van der Waals surface area contributed by atoms with Gasteiger partial charge in [0.15, 0.2) is 11.5 Å². The molecular formula is C20H22BrNO3. The molecule has 0 spiro atoms. The zero-order valence-corrected chi connectivity index (χ0v) is 16.4. The van der Waals surface area contributed by atoms with Crippen molar-refractivity contribution in [2.24, 2.45) is 0 Å². The fourth-order valence-corrected chi connectivity index (χ4v) is 3.19.